The number of nitrogens with zero attached hydrogens (tertiary/aromatic N) is 2. The molecule has 92 valence electrons. The quantitative estimate of drug-likeness (QED) is 0.643. The summed E-state index contributed by atoms with van der Waals surface area (Å²) in [6, 6.07) is 5.29. The molecule has 0 spiro atoms. The second-order valence-electron chi connectivity index (χ2n) is 3.88. The maximum Gasteiger partial charge on any atom is 0.339 e. The fraction of sp³-hybridized carbons (Fsp3) is 0.154. The first-order valence-electron chi connectivity index (χ1n) is 5.39. The molecule has 0 saturated heterocycles. The molecule has 0 aliphatic carbocycles. The summed E-state index contributed by atoms with van der Waals surface area (Å²) in [6.07, 6.45) is 3.24. The van der Waals surface area contributed by atoms with E-state index in [-0.39, 0.29) is 0 Å². The minimum absolute atomic E-state index is 0.356. The number of benzene rings is 1. The van der Waals surface area contributed by atoms with Gasteiger partial charge in [-0.15, -0.1) is 0 Å². The van der Waals surface area contributed by atoms with Gasteiger partial charge in [-0.05, 0) is 36.2 Å². The van der Waals surface area contributed by atoms with Crippen LogP contribution in [-0.2, 0) is 4.74 Å². The standard InChI is InChI=1S/C13H13N3O2/c1-8-5-12(14)11(13(17)18-2)6-10(8)9-3-4-15-16-7-9/h3-7H,14H2,1-2H3. The number of esters is 1. The Balaban J connectivity index is 2.59. The van der Waals surface area contributed by atoms with Gasteiger partial charge in [0.1, 0.15) is 0 Å². The van der Waals surface area contributed by atoms with Gasteiger partial charge < -0.3 is 10.5 Å². The molecule has 1 heterocycles. The number of carbonyl (C=O) groups excluding carboxylic acids is 1. The van der Waals surface area contributed by atoms with Crippen LogP contribution in [0.15, 0.2) is 30.6 Å². The Bertz CT molecular complexity index is 582. The highest BCUT2D eigenvalue weighted by molar-refractivity contribution is 5.97. The third-order valence-corrected chi connectivity index (χ3v) is 2.70. The second-order valence-corrected chi connectivity index (χ2v) is 3.88. The predicted octanol–water partition coefficient (Wildman–Crippen LogP) is 1.82. The minimum Gasteiger partial charge on any atom is -0.465 e. The van der Waals surface area contributed by atoms with Crippen molar-refractivity contribution in [3.8, 4) is 11.1 Å². The van der Waals surface area contributed by atoms with Crippen molar-refractivity contribution in [3.05, 3.63) is 41.7 Å². The zero-order valence-electron chi connectivity index (χ0n) is 10.2. The van der Waals surface area contributed by atoms with E-state index in [0.717, 1.165) is 16.7 Å². The zero-order valence-corrected chi connectivity index (χ0v) is 10.2. The maximum absolute atomic E-state index is 11.6. The molecule has 0 bridgehead atoms. The van der Waals surface area contributed by atoms with Gasteiger partial charge in [-0.3, -0.25) is 0 Å². The molecule has 1 aromatic carbocycles. The summed E-state index contributed by atoms with van der Waals surface area (Å²) in [7, 11) is 1.33. The van der Waals surface area contributed by atoms with Gasteiger partial charge in [0.25, 0.3) is 0 Å². The first-order valence-corrected chi connectivity index (χ1v) is 5.39. The fourth-order valence-electron chi connectivity index (χ4n) is 1.78. The van der Waals surface area contributed by atoms with Gasteiger partial charge in [0.15, 0.2) is 0 Å². The van der Waals surface area contributed by atoms with Gasteiger partial charge in [0, 0.05) is 11.3 Å². The maximum atomic E-state index is 11.6. The average Bonchev–Trinajstić information content (AvgIpc) is 2.39. The number of ether oxygens (including phenoxy) is 1. The van der Waals surface area contributed by atoms with E-state index >= 15 is 0 Å². The molecule has 0 atom stereocenters. The summed E-state index contributed by atoms with van der Waals surface area (Å²) in [5, 5.41) is 7.55. The lowest BCUT2D eigenvalue weighted by Crippen LogP contribution is -2.06. The predicted molar refractivity (Wildman–Crippen MR) is 68.0 cm³/mol. The van der Waals surface area contributed by atoms with Crippen LogP contribution in [0.1, 0.15) is 15.9 Å². The Kier molecular flexibility index (Phi) is 3.23. The Morgan fingerprint density at radius 2 is 2.11 bits per heavy atom. The van der Waals surface area contributed by atoms with Crippen LogP contribution in [-0.4, -0.2) is 23.3 Å². The number of nitrogens with two attached hydrogens (primary N) is 1. The molecule has 0 saturated carbocycles. The lowest BCUT2D eigenvalue weighted by molar-refractivity contribution is 0.0602. The normalized spacial score (nSPS) is 10.1. The number of anilines is 1. The fourth-order valence-corrected chi connectivity index (χ4v) is 1.78. The monoisotopic (exact) mass is 243 g/mol. The van der Waals surface area contributed by atoms with Crippen LogP contribution in [0.5, 0.6) is 0 Å². The van der Waals surface area contributed by atoms with Crippen LogP contribution in [0, 0.1) is 6.92 Å². The van der Waals surface area contributed by atoms with E-state index in [4.69, 9.17) is 10.5 Å². The molecule has 0 unspecified atom stereocenters. The van der Waals surface area contributed by atoms with E-state index in [0.29, 0.717) is 11.3 Å². The summed E-state index contributed by atoms with van der Waals surface area (Å²) in [4.78, 5) is 11.6. The third-order valence-electron chi connectivity index (χ3n) is 2.70. The van der Waals surface area contributed by atoms with Crippen molar-refractivity contribution in [1.29, 1.82) is 0 Å². The Morgan fingerprint density at radius 3 is 2.72 bits per heavy atom. The number of hydrogen-bond donors (Lipinski definition) is 1. The molecular formula is C13H13N3O2. The van der Waals surface area contributed by atoms with Crippen LogP contribution in [0.2, 0.25) is 0 Å². The summed E-state index contributed by atoms with van der Waals surface area (Å²) < 4.78 is 4.70. The van der Waals surface area contributed by atoms with Gasteiger partial charge in [-0.25, -0.2) is 4.79 Å². The minimum atomic E-state index is -0.448. The van der Waals surface area contributed by atoms with Crippen molar-refractivity contribution in [2.75, 3.05) is 12.8 Å². The number of hydrogen-bond acceptors (Lipinski definition) is 5. The molecule has 2 rings (SSSR count). The highest BCUT2D eigenvalue weighted by Crippen LogP contribution is 2.27. The molecule has 0 fully saturated rings. The van der Waals surface area contributed by atoms with Crippen LogP contribution in [0.4, 0.5) is 5.69 Å². The van der Waals surface area contributed by atoms with Crippen LogP contribution in [0.25, 0.3) is 11.1 Å². The van der Waals surface area contributed by atoms with Gasteiger partial charge in [0.2, 0.25) is 0 Å². The summed E-state index contributed by atoms with van der Waals surface area (Å²) in [5.41, 5.74) is 9.32. The number of carbonyl (C=O) groups is 1. The first kappa shape index (κ1) is 12.0. The molecule has 0 aliphatic rings. The van der Waals surface area contributed by atoms with Crippen molar-refractivity contribution in [2.24, 2.45) is 0 Å². The van der Waals surface area contributed by atoms with Crippen LogP contribution in [0.3, 0.4) is 0 Å². The first-order chi connectivity index (χ1) is 8.63. The van der Waals surface area contributed by atoms with Crippen molar-refractivity contribution in [2.45, 2.75) is 6.92 Å². The van der Waals surface area contributed by atoms with E-state index in [9.17, 15) is 4.79 Å². The summed E-state index contributed by atoms with van der Waals surface area (Å²) >= 11 is 0. The SMILES string of the molecule is COC(=O)c1cc(-c2ccnnc2)c(C)cc1N. The smallest absolute Gasteiger partial charge is 0.339 e. The van der Waals surface area contributed by atoms with Crippen LogP contribution >= 0.6 is 0 Å². The summed E-state index contributed by atoms with van der Waals surface area (Å²) in [6.45, 7) is 1.92. The molecule has 2 aromatic rings. The third kappa shape index (κ3) is 2.15. The van der Waals surface area contributed by atoms with Gasteiger partial charge in [-0.2, -0.15) is 10.2 Å². The molecule has 2 N–H and O–H groups in total. The van der Waals surface area contributed by atoms with Crippen LogP contribution < -0.4 is 5.73 Å². The second kappa shape index (κ2) is 4.83. The molecular weight excluding hydrogens is 230 g/mol. The summed E-state index contributed by atoms with van der Waals surface area (Å²) in [5.74, 6) is -0.448. The molecule has 0 radical (unpaired) electrons. The van der Waals surface area contributed by atoms with Gasteiger partial charge in [-0.1, -0.05) is 0 Å². The zero-order chi connectivity index (χ0) is 13.1. The van der Waals surface area contributed by atoms with Crippen molar-refractivity contribution < 1.29 is 9.53 Å². The largest absolute Gasteiger partial charge is 0.465 e. The number of nitrogen functional groups attached to an aromatic ring is 1. The Labute approximate surface area is 105 Å². The Morgan fingerprint density at radius 1 is 1.33 bits per heavy atom. The molecule has 0 aliphatic heterocycles. The highest BCUT2D eigenvalue weighted by Gasteiger charge is 2.13. The highest BCUT2D eigenvalue weighted by atomic mass is 16.5. The van der Waals surface area contributed by atoms with E-state index in [1.165, 1.54) is 7.11 Å². The van der Waals surface area contributed by atoms with E-state index in [1.807, 2.05) is 13.0 Å². The molecule has 1 aromatic heterocycles. The number of aryl methyl sites for hydroxylation is 1. The lowest BCUT2D eigenvalue weighted by atomic mass is 9.98. The molecule has 18 heavy (non-hydrogen) atoms. The van der Waals surface area contributed by atoms with Crippen molar-refractivity contribution >= 4 is 11.7 Å². The van der Waals surface area contributed by atoms with Crippen molar-refractivity contribution in [3.63, 3.8) is 0 Å². The number of rotatable bonds is 2. The number of methoxy groups -OCH3 is 1. The molecule has 5 heteroatoms. The van der Waals surface area contributed by atoms with E-state index < -0.39 is 5.97 Å². The molecule has 0 amide bonds. The van der Waals surface area contributed by atoms with Crippen molar-refractivity contribution in [1.82, 2.24) is 10.2 Å². The number of aromatic nitrogens is 2. The lowest BCUT2D eigenvalue weighted by Gasteiger charge is -2.10. The van der Waals surface area contributed by atoms with Gasteiger partial charge in [0.05, 0.1) is 25.1 Å². The average molecular weight is 243 g/mol. The Hall–Kier alpha value is -2.43. The molecule has 5 nitrogen and oxygen atoms in total. The topological polar surface area (TPSA) is 78.1 Å². The van der Waals surface area contributed by atoms with E-state index in [2.05, 4.69) is 10.2 Å². The van der Waals surface area contributed by atoms with Gasteiger partial charge >= 0.3 is 5.97 Å². The van der Waals surface area contributed by atoms with E-state index in [1.54, 1.807) is 24.5 Å².